The molecule has 2 aliphatic rings. The van der Waals surface area contributed by atoms with Gasteiger partial charge in [0.2, 0.25) is 0 Å². The number of rotatable bonds is 6. The second kappa shape index (κ2) is 6.33. The lowest BCUT2D eigenvalue weighted by atomic mass is 9.96. The molecule has 4 nitrogen and oxygen atoms in total. The summed E-state index contributed by atoms with van der Waals surface area (Å²) in [7, 11) is 4.35. The van der Waals surface area contributed by atoms with Gasteiger partial charge in [-0.3, -0.25) is 0 Å². The van der Waals surface area contributed by atoms with E-state index in [0.717, 1.165) is 32.2 Å². The molecule has 2 heterocycles. The Morgan fingerprint density at radius 1 is 1.28 bits per heavy atom. The standard InChI is InChI=1S/C14H29N3O/c1-14(11-15-12-14)18-9-8-17-6-4-13(5-7-17)10-16(2)3/h13,15H,4-12H2,1-3H3. The monoisotopic (exact) mass is 255 g/mol. The molecule has 2 aliphatic heterocycles. The lowest BCUT2D eigenvalue weighted by molar-refractivity contribution is -0.0736. The van der Waals surface area contributed by atoms with Crippen molar-refractivity contribution in [2.24, 2.45) is 5.92 Å². The molecular weight excluding hydrogens is 226 g/mol. The topological polar surface area (TPSA) is 27.7 Å². The second-order valence-corrected chi connectivity index (χ2v) is 6.45. The predicted molar refractivity (Wildman–Crippen MR) is 74.9 cm³/mol. The molecule has 0 aromatic heterocycles. The summed E-state index contributed by atoms with van der Waals surface area (Å²) in [6.45, 7) is 9.95. The number of hydrogen-bond acceptors (Lipinski definition) is 4. The van der Waals surface area contributed by atoms with Crippen LogP contribution in [0.15, 0.2) is 0 Å². The minimum absolute atomic E-state index is 0.114. The van der Waals surface area contributed by atoms with E-state index in [9.17, 15) is 0 Å². The van der Waals surface area contributed by atoms with Gasteiger partial charge in [-0.2, -0.15) is 0 Å². The maximum absolute atomic E-state index is 5.95. The SMILES string of the molecule is CN(C)CC1CCN(CCOC2(C)CNC2)CC1. The maximum Gasteiger partial charge on any atom is 0.0902 e. The van der Waals surface area contributed by atoms with E-state index in [-0.39, 0.29) is 5.60 Å². The third-order valence-electron chi connectivity index (χ3n) is 4.19. The number of piperidine rings is 1. The first-order chi connectivity index (χ1) is 8.57. The van der Waals surface area contributed by atoms with Gasteiger partial charge in [0.1, 0.15) is 0 Å². The van der Waals surface area contributed by atoms with Crippen LogP contribution in [-0.2, 0) is 4.74 Å². The zero-order valence-corrected chi connectivity index (χ0v) is 12.2. The van der Waals surface area contributed by atoms with Crippen LogP contribution in [0.1, 0.15) is 19.8 Å². The summed E-state index contributed by atoms with van der Waals surface area (Å²) in [5.41, 5.74) is 0.114. The minimum Gasteiger partial charge on any atom is -0.371 e. The Balaban J connectivity index is 1.56. The summed E-state index contributed by atoms with van der Waals surface area (Å²) in [5.74, 6) is 0.894. The van der Waals surface area contributed by atoms with E-state index in [1.165, 1.54) is 32.5 Å². The molecule has 0 atom stereocenters. The van der Waals surface area contributed by atoms with Crippen LogP contribution in [-0.4, -0.2) is 75.4 Å². The zero-order chi connectivity index (χ0) is 13.0. The van der Waals surface area contributed by atoms with Crippen molar-refractivity contribution in [1.82, 2.24) is 15.1 Å². The molecule has 2 rings (SSSR count). The highest BCUT2D eigenvalue weighted by molar-refractivity contribution is 4.90. The van der Waals surface area contributed by atoms with Gasteiger partial charge in [-0.05, 0) is 52.9 Å². The molecule has 1 N–H and O–H groups in total. The highest BCUT2D eigenvalue weighted by Gasteiger charge is 2.32. The molecule has 0 aromatic carbocycles. The fourth-order valence-corrected chi connectivity index (χ4v) is 2.91. The van der Waals surface area contributed by atoms with E-state index in [4.69, 9.17) is 4.74 Å². The van der Waals surface area contributed by atoms with E-state index in [2.05, 4.69) is 36.1 Å². The maximum atomic E-state index is 5.95. The Bertz CT molecular complexity index is 245. The van der Waals surface area contributed by atoms with Gasteiger partial charge in [-0.1, -0.05) is 0 Å². The Kier molecular flexibility index (Phi) is 5.01. The van der Waals surface area contributed by atoms with Gasteiger partial charge >= 0.3 is 0 Å². The Morgan fingerprint density at radius 2 is 1.94 bits per heavy atom. The van der Waals surface area contributed by atoms with Gasteiger partial charge in [-0.15, -0.1) is 0 Å². The first kappa shape index (κ1) is 14.3. The number of hydrogen-bond donors (Lipinski definition) is 1. The van der Waals surface area contributed by atoms with E-state index < -0.39 is 0 Å². The second-order valence-electron chi connectivity index (χ2n) is 6.45. The lowest BCUT2D eigenvalue weighted by Gasteiger charge is -2.40. The lowest BCUT2D eigenvalue weighted by Crippen LogP contribution is -2.59. The van der Waals surface area contributed by atoms with Crippen LogP contribution in [0.3, 0.4) is 0 Å². The molecule has 2 saturated heterocycles. The van der Waals surface area contributed by atoms with Crippen LogP contribution in [0.25, 0.3) is 0 Å². The predicted octanol–water partition coefficient (Wildman–Crippen LogP) is 0.639. The molecule has 0 aliphatic carbocycles. The molecule has 0 saturated carbocycles. The van der Waals surface area contributed by atoms with Crippen molar-refractivity contribution in [2.45, 2.75) is 25.4 Å². The highest BCUT2D eigenvalue weighted by Crippen LogP contribution is 2.18. The van der Waals surface area contributed by atoms with Crippen LogP contribution in [0, 0.1) is 5.92 Å². The van der Waals surface area contributed by atoms with Crippen LogP contribution < -0.4 is 5.32 Å². The molecule has 4 heteroatoms. The first-order valence-electron chi connectivity index (χ1n) is 7.29. The van der Waals surface area contributed by atoms with Crippen molar-refractivity contribution in [1.29, 1.82) is 0 Å². The number of likely N-dealkylation sites (tertiary alicyclic amines) is 1. The fourth-order valence-electron chi connectivity index (χ4n) is 2.91. The van der Waals surface area contributed by atoms with Crippen molar-refractivity contribution >= 4 is 0 Å². The Labute approximate surface area is 112 Å². The summed E-state index contributed by atoms with van der Waals surface area (Å²) in [5, 5.41) is 3.27. The van der Waals surface area contributed by atoms with Crippen molar-refractivity contribution in [3.63, 3.8) is 0 Å². The van der Waals surface area contributed by atoms with E-state index in [1.54, 1.807) is 0 Å². The molecular formula is C14H29N3O. The van der Waals surface area contributed by atoms with Gasteiger partial charge in [0, 0.05) is 26.2 Å². The molecule has 0 unspecified atom stereocenters. The van der Waals surface area contributed by atoms with Crippen molar-refractivity contribution in [2.75, 3.05) is 60.0 Å². The summed E-state index contributed by atoms with van der Waals surface area (Å²) in [4.78, 5) is 4.87. The van der Waals surface area contributed by atoms with Crippen LogP contribution in [0.5, 0.6) is 0 Å². The molecule has 106 valence electrons. The average Bonchev–Trinajstić information content (AvgIpc) is 2.28. The average molecular weight is 255 g/mol. The highest BCUT2D eigenvalue weighted by atomic mass is 16.5. The number of ether oxygens (including phenoxy) is 1. The van der Waals surface area contributed by atoms with Crippen molar-refractivity contribution < 1.29 is 4.74 Å². The fraction of sp³-hybridized carbons (Fsp3) is 1.00. The summed E-state index contributed by atoms with van der Waals surface area (Å²) in [6, 6.07) is 0. The normalized spacial score (nSPS) is 25.3. The number of nitrogens with zero attached hydrogens (tertiary/aromatic N) is 2. The molecule has 0 spiro atoms. The molecule has 0 bridgehead atoms. The third kappa shape index (κ3) is 4.19. The summed E-state index contributed by atoms with van der Waals surface area (Å²) >= 11 is 0. The Hall–Kier alpha value is -0.160. The quantitative estimate of drug-likeness (QED) is 0.754. The summed E-state index contributed by atoms with van der Waals surface area (Å²) < 4.78 is 5.95. The van der Waals surface area contributed by atoms with Crippen molar-refractivity contribution in [3.05, 3.63) is 0 Å². The minimum atomic E-state index is 0.114. The molecule has 0 amide bonds. The number of nitrogens with one attached hydrogen (secondary N) is 1. The molecule has 0 radical (unpaired) electrons. The molecule has 18 heavy (non-hydrogen) atoms. The van der Waals surface area contributed by atoms with Crippen LogP contribution >= 0.6 is 0 Å². The van der Waals surface area contributed by atoms with Gasteiger partial charge < -0.3 is 19.9 Å². The van der Waals surface area contributed by atoms with Crippen LogP contribution in [0.4, 0.5) is 0 Å². The van der Waals surface area contributed by atoms with E-state index in [1.807, 2.05) is 0 Å². The van der Waals surface area contributed by atoms with E-state index >= 15 is 0 Å². The van der Waals surface area contributed by atoms with Gasteiger partial charge in [0.05, 0.1) is 12.2 Å². The third-order valence-corrected chi connectivity index (χ3v) is 4.19. The van der Waals surface area contributed by atoms with Gasteiger partial charge in [0.25, 0.3) is 0 Å². The first-order valence-corrected chi connectivity index (χ1v) is 7.29. The Morgan fingerprint density at radius 3 is 2.44 bits per heavy atom. The smallest absolute Gasteiger partial charge is 0.0902 e. The van der Waals surface area contributed by atoms with Crippen LogP contribution in [0.2, 0.25) is 0 Å². The largest absolute Gasteiger partial charge is 0.371 e. The summed E-state index contributed by atoms with van der Waals surface area (Å²) in [6.07, 6.45) is 2.69. The molecule has 0 aromatic rings. The van der Waals surface area contributed by atoms with Gasteiger partial charge in [-0.25, -0.2) is 0 Å². The molecule has 2 fully saturated rings. The van der Waals surface area contributed by atoms with Crippen molar-refractivity contribution in [3.8, 4) is 0 Å². The zero-order valence-electron chi connectivity index (χ0n) is 12.2. The van der Waals surface area contributed by atoms with Gasteiger partial charge in [0.15, 0.2) is 0 Å². The van der Waals surface area contributed by atoms with E-state index in [0.29, 0.717) is 0 Å².